The van der Waals surface area contributed by atoms with E-state index in [2.05, 4.69) is 16.5 Å². The second-order valence-electron chi connectivity index (χ2n) is 2.54. The molecule has 0 spiro atoms. The zero-order valence-corrected chi connectivity index (χ0v) is 5.73. The predicted octanol–water partition coefficient (Wildman–Crippen LogP) is -0.368. The van der Waals surface area contributed by atoms with Gasteiger partial charge in [0.15, 0.2) is 0 Å². The minimum atomic E-state index is -0.443. The molecule has 2 rings (SSSR count). The number of allylic oxidation sites excluding steroid dienone is 1. The van der Waals surface area contributed by atoms with E-state index in [9.17, 15) is 9.59 Å². The quantitative estimate of drug-likeness (QED) is 0.530. The largest absolute Gasteiger partial charge is 0.325 e. The summed E-state index contributed by atoms with van der Waals surface area (Å²) in [6, 6.07) is 0. The first-order chi connectivity index (χ1) is 5.18. The van der Waals surface area contributed by atoms with Crippen molar-refractivity contribution in [1.82, 2.24) is 9.97 Å². The third-order valence-electron chi connectivity index (χ3n) is 1.76. The van der Waals surface area contributed by atoms with Crippen molar-refractivity contribution in [3.63, 3.8) is 0 Å². The average Bonchev–Trinajstić information content (AvgIpc) is 1.83. The first kappa shape index (κ1) is 6.15. The molecule has 1 aliphatic carbocycles. The minimum Gasteiger partial charge on any atom is -0.310 e. The molecule has 11 heavy (non-hydrogen) atoms. The van der Waals surface area contributed by atoms with Gasteiger partial charge in [-0.15, -0.1) is 0 Å². The lowest BCUT2D eigenvalue weighted by Gasteiger charge is -2.18. The van der Waals surface area contributed by atoms with E-state index in [1.165, 1.54) is 0 Å². The fraction of sp³-hybridized carbons (Fsp3) is 0.143. The van der Waals surface area contributed by atoms with Gasteiger partial charge in [-0.1, -0.05) is 6.58 Å². The summed E-state index contributed by atoms with van der Waals surface area (Å²) in [4.78, 5) is 26.3. The standard InChI is InChI=1S/C7H6N2O2/c1-3-2-4-5(3)6(10)9-7(11)8-4/h1-2H2,(H2,8,9,10,11). The molecule has 4 heteroatoms. The Morgan fingerprint density at radius 2 is 2.00 bits per heavy atom. The van der Waals surface area contributed by atoms with Crippen LogP contribution in [0.5, 0.6) is 0 Å². The van der Waals surface area contributed by atoms with Crippen LogP contribution in [0, 0.1) is 0 Å². The van der Waals surface area contributed by atoms with Gasteiger partial charge in [-0.25, -0.2) is 4.79 Å². The van der Waals surface area contributed by atoms with Gasteiger partial charge in [0.1, 0.15) is 0 Å². The lowest BCUT2D eigenvalue weighted by atomic mass is 9.90. The Bertz CT molecular complexity index is 438. The molecule has 1 aromatic rings. The topological polar surface area (TPSA) is 65.7 Å². The normalized spacial score (nSPS) is 14.0. The van der Waals surface area contributed by atoms with Crippen LogP contribution >= 0.6 is 0 Å². The fourth-order valence-corrected chi connectivity index (χ4v) is 1.24. The SMILES string of the molecule is C=C1Cc2[nH]c(=O)[nH]c(=O)c21. The average molecular weight is 150 g/mol. The van der Waals surface area contributed by atoms with Crippen molar-refractivity contribution in [2.75, 3.05) is 0 Å². The third-order valence-corrected chi connectivity index (χ3v) is 1.76. The van der Waals surface area contributed by atoms with Gasteiger partial charge < -0.3 is 4.98 Å². The van der Waals surface area contributed by atoms with Gasteiger partial charge in [0, 0.05) is 12.1 Å². The maximum atomic E-state index is 11.0. The van der Waals surface area contributed by atoms with Crippen LogP contribution in [-0.2, 0) is 6.42 Å². The molecule has 0 unspecified atom stereocenters. The molecule has 0 aromatic carbocycles. The number of H-pyrrole nitrogens is 2. The zero-order valence-electron chi connectivity index (χ0n) is 5.73. The molecule has 56 valence electrons. The Morgan fingerprint density at radius 3 is 2.55 bits per heavy atom. The first-order valence-corrected chi connectivity index (χ1v) is 3.22. The van der Waals surface area contributed by atoms with E-state index in [1.54, 1.807) is 0 Å². The summed E-state index contributed by atoms with van der Waals surface area (Å²) in [6.07, 6.45) is 0.620. The van der Waals surface area contributed by atoms with E-state index in [4.69, 9.17) is 0 Å². The van der Waals surface area contributed by atoms with Crippen molar-refractivity contribution in [2.24, 2.45) is 0 Å². The van der Waals surface area contributed by atoms with E-state index in [1.807, 2.05) is 0 Å². The van der Waals surface area contributed by atoms with Crippen molar-refractivity contribution in [3.05, 3.63) is 38.7 Å². The van der Waals surface area contributed by atoms with Crippen molar-refractivity contribution in [2.45, 2.75) is 6.42 Å². The van der Waals surface area contributed by atoms with E-state index in [0.717, 1.165) is 5.57 Å². The van der Waals surface area contributed by atoms with Crippen LogP contribution in [0.4, 0.5) is 0 Å². The molecule has 0 radical (unpaired) electrons. The highest BCUT2D eigenvalue weighted by Gasteiger charge is 2.21. The van der Waals surface area contributed by atoms with E-state index in [-0.39, 0.29) is 5.56 Å². The van der Waals surface area contributed by atoms with Gasteiger partial charge in [-0.3, -0.25) is 9.78 Å². The second-order valence-corrected chi connectivity index (χ2v) is 2.54. The molecule has 4 nitrogen and oxygen atoms in total. The van der Waals surface area contributed by atoms with E-state index >= 15 is 0 Å². The Kier molecular flexibility index (Phi) is 0.961. The van der Waals surface area contributed by atoms with Crippen LogP contribution in [0.2, 0.25) is 0 Å². The van der Waals surface area contributed by atoms with Crippen LogP contribution in [0.3, 0.4) is 0 Å². The number of aromatic amines is 2. The van der Waals surface area contributed by atoms with Gasteiger partial charge >= 0.3 is 5.69 Å². The lowest BCUT2D eigenvalue weighted by Crippen LogP contribution is -2.32. The highest BCUT2D eigenvalue weighted by molar-refractivity contribution is 5.75. The minimum absolute atomic E-state index is 0.333. The van der Waals surface area contributed by atoms with Crippen molar-refractivity contribution in [3.8, 4) is 0 Å². The summed E-state index contributed by atoms with van der Waals surface area (Å²) in [5, 5.41) is 0. The lowest BCUT2D eigenvalue weighted by molar-refractivity contribution is 0.914. The molecular weight excluding hydrogens is 144 g/mol. The molecule has 0 amide bonds. The van der Waals surface area contributed by atoms with E-state index < -0.39 is 5.69 Å². The molecular formula is C7H6N2O2. The first-order valence-electron chi connectivity index (χ1n) is 3.22. The van der Waals surface area contributed by atoms with Gasteiger partial charge in [0.25, 0.3) is 5.56 Å². The predicted molar refractivity (Wildman–Crippen MR) is 40.4 cm³/mol. The summed E-state index contributed by atoms with van der Waals surface area (Å²) in [5.41, 5.74) is 1.26. The van der Waals surface area contributed by atoms with Crippen LogP contribution in [0.25, 0.3) is 5.57 Å². The molecule has 1 aromatic heterocycles. The number of fused-ring (bicyclic) bond motifs is 1. The smallest absolute Gasteiger partial charge is 0.310 e. The summed E-state index contributed by atoms with van der Waals surface area (Å²) >= 11 is 0. The molecule has 0 saturated carbocycles. The number of hydrogen-bond donors (Lipinski definition) is 2. The highest BCUT2D eigenvalue weighted by Crippen LogP contribution is 2.25. The van der Waals surface area contributed by atoms with Gasteiger partial charge in [0.2, 0.25) is 0 Å². The molecule has 1 heterocycles. The van der Waals surface area contributed by atoms with Gasteiger partial charge in [-0.2, -0.15) is 0 Å². The number of nitrogens with one attached hydrogen (secondary N) is 2. The van der Waals surface area contributed by atoms with Gasteiger partial charge in [-0.05, 0) is 5.57 Å². The Balaban J connectivity index is 2.88. The fourth-order valence-electron chi connectivity index (χ4n) is 1.24. The molecule has 2 N–H and O–H groups in total. The molecule has 1 aliphatic rings. The Labute approximate surface area is 61.6 Å². The molecule has 0 aliphatic heterocycles. The number of hydrogen-bond acceptors (Lipinski definition) is 2. The molecule has 0 atom stereocenters. The highest BCUT2D eigenvalue weighted by atomic mass is 16.2. The summed E-state index contributed by atoms with van der Waals surface area (Å²) in [7, 11) is 0. The molecule has 0 saturated heterocycles. The van der Waals surface area contributed by atoms with Gasteiger partial charge in [0.05, 0.1) is 5.56 Å². The Hall–Kier alpha value is -1.58. The monoisotopic (exact) mass is 150 g/mol. The molecule has 0 fully saturated rings. The van der Waals surface area contributed by atoms with Crippen LogP contribution in [0.15, 0.2) is 16.2 Å². The number of rotatable bonds is 0. The van der Waals surface area contributed by atoms with Crippen LogP contribution < -0.4 is 11.2 Å². The summed E-state index contributed by atoms with van der Waals surface area (Å²) in [6.45, 7) is 3.65. The summed E-state index contributed by atoms with van der Waals surface area (Å²) in [5.74, 6) is 0. The summed E-state index contributed by atoms with van der Waals surface area (Å²) < 4.78 is 0. The van der Waals surface area contributed by atoms with Crippen LogP contribution in [0.1, 0.15) is 11.3 Å². The third kappa shape index (κ3) is 0.690. The maximum Gasteiger partial charge on any atom is 0.325 e. The molecule has 0 bridgehead atoms. The second kappa shape index (κ2) is 1.72. The van der Waals surface area contributed by atoms with Crippen molar-refractivity contribution >= 4 is 5.57 Å². The maximum absolute atomic E-state index is 11.0. The zero-order chi connectivity index (χ0) is 8.01. The van der Waals surface area contributed by atoms with Crippen molar-refractivity contribution < 1.29 is 0 Å². The van der Waals surface area contributed by atoms with E-state index in [0.29, 0.717) is 17.7 Å². The van der Waals surface area contributed by atoms with Crippen molar-refractivity contribution in [1.29, 1.82) is 0 Å². The Morgan fingerprint density at radius 1 is 1.27 bits per heavy atom. The van der Waals surface area contributed by atoms with Crippen LogP contribution in [-0.4, -0.2) is 9.97 Å². The number of aromatic nitrogens is 2.